The molecule has 2 atom stereocenters. The summed E-state index contributed by atoms with van der Waals surface area (Å²) >= 11 is 1.43. The Kier molecular flexibility index (Phi) is 5.87. The van der Waals surface area contributed by atoms with Gasteiger partial charge in [0, 0.05) is 16.9 Å². The number of aryl methyl sites for hydroxylation is 2. The normalized spacial score (nSPS) is 14.0. The van der Waals surface area contributed by atoms with Crippen molar-refractivity contribution in [2.24, 2.45) is 0 Å². The molecule has 32 heavy (non-hydrogen) atoms. The van der Waals surface area contributed by atoms with E-state index in [9.17, 15) is 9.50 Å². The van der Waals surface area contributed by atoms with Crippen LogP contribution in [0.5, 0.6) is 0 Å². The minimum Gasteiger partial charge on any atom is -0.382 e. The third-order valence-electron chi connectivity index (χ3n) is 5.76. The average Bonchev–Trinajstić information content (AvgIpc) is 3.48. The quantitative estimate of drug-likeness (QED) is 0.462. The maximum Gasteiger partial charge on any atom is 0.137 e. The van der Waals surface area contributed by atoms with E-state index in [0.29, 0.717) is 21.7 Å². The highest BCUT2D eigenvalue weighted by atomic mass is 32.1. The Hall–Kier alpha value is -3.41. The first-order valence-electron chi connectivity index (χ1n) is 10.1. The van der Waals surface area contributed by atoms with E-state index in [1.54, 1.807) is 29.8 Å². The van der Waals surface area contributed by atoms with Gasteiger partial charge in [-0.05, 0) is 48.7 Å². The van der Waals surface area contributed by atoms with Crippen LogP contribution in [-0.4, -0.2) is 24.9 Å². The van der Waals surface area contributed by atoms with Crippen LogP contribution in [0.3, 0.4) is 0 Å². The van der Waals surface area contributed by atoms with Gasteiger partial charge in [0.25, 0.3) is 0 Å². The molecule has 0 aliphatic heterocycles. The predicted molar refractivity (Wildman–Crippen MR) is 120 cm³/mol. The van der Waals surface area contributed by atoms with Crippen molar-refractivity contribution >= 4 is 11.3 Å². The molecule has 0 saturated heterocycles. The van der Waals surface area contributed by atoms with Crippen LogP contribution in [-0.2, 0) is 12.1 Å². The van der Waals surface area contributed by atoms with Crippen molar-refractivity contribution in [3.05, 3.63) is 87.5 Å². The molecule has 1 N–H and O–H groups in total. The number of aromatic nitrogens is 4. The number of aliphatic hydroxyl groups is 1. The summed E-state index contributed by atoms with van der Waals surface area (Å²) in [5.74, 6) is -0.822. The molecule has 0 bridgehead atoms. The molecule has 0 spiro atoms. The van der Waals surface area contributed by atoms with Crippen molar-refractivity contribution in [3.63, 3.8) is 0 Å². The van der Waals surface area contributed by atoms with Gasteiger partial charge in [-0.3, -0.25) is 0 Å². The van der Waals surface area contributed by atoms with Crippen LogP contribution in [0, 0.1) is 31.0 Å². The van der Waals surface area contributed by atoms with Crippen LogP contribution in [0.25, 0.3) is 11.3 Å². The van der Waals surface area contributed by atoms with Crippen molar-refractivity contribution < 1.29 is 9.50 Å². The highest BCUT2D eigenvalue weighted by molar-refractivity contribution is 7.10. The SMILES string of the molecule is Cc1cc(C)c(C(O)(Cn2cncn2)C(C)c2nc(-c3ccc(C#N)cc3)cs2)cc1F. The van der Waals surface area contributed by atoms with E-state index in [-0.39, 0.29) is 12.4 Å². The Morgan fingerprint density at radius 2 is 1.97 bits per heavy atom. The van der Waals surface area contributed by atoms with Crippen LogP contribution >= 0.6 is 11.3 Å². The zero-order valence-electron chi connectivity index (χ0n) is 18.0. The molecule has 0 fully saturated rings. The minimum atomic E-state index is -1.47. The second-order valence-corrected chi connectivity index (χ2v) is 8.81. The number of halogens is 1. The summed E-state index contributed by atoms with van der Waals surface area (Å²) in [6, 6.07) is 12.5. The van der Waals surface area contributed by atoms with Gasteiger partial charge in [-0.1, -0.05) is 25.1 Å². The van der Waals surface area contributed by atoms with Gasteiger partial charge in [-0.2, -0.15) is 10.4 Å². The highest BCUT2D eigenvalue weighted by Crippen LogP contribution is 2.42. The van der Waals surface area contributed by atoms with Crippen LogP contribution in [0.15, 0.2) is 54.4 Å². The number of nitrogens with zero attached hydrogens (tertiary/aromatic N) is 5. The Bertz CT molecular complexity index is 1280. The summed E-state index contributed by atoms with van der Waals surface area (Å²) in [7, 11) is 0. The molecule has 0 radical (unpaired) electrons. The molecule has 0 aliphatic rings. The van der Waals surface area contributed by atoms with Gasteiger partial charge in [0.2, 0.25) is 0 Å². The smallest absolute Gasteiger partial charge is 0.137 e. The second-order valence-electron chi connectivity index (χ2n) is 7.92. The molecule has 2 aromatic heterocycles. The van der Waals surface area contributed by atoms with Crippen molar-refractivity contribution in [3.8, 4) is 17.3 Å². The molecule has 162 valence electrons. The first-order valence-corrected chi connectivity index (χ1v) is 11.0. The molecule has 6 nitrogen and oxygen atoms in total. The molecule has 8 heteroatoms. The van der Waals surface area contributed by atoms with Gasteiger partial charge in [0.15, 0.2) is 0 Å². The molecule has 4 aromatic rings. The zero-order chi connectivity index (χ0) is 22.9. The fourth-order valence-electron chi connectivity index (χ4n) is 3.85. The number of benzene rings is 2. The molecule has 0 saturated carbocycles. The maximum absolute atomic E-state index is 14.5. The first-order chi connectivity index (χ1) is 15.3. The highest BCUT2D eigenvalue weighted by Gasteiger charge is 2.40. The Morgan fingerprint density at radius 3 is 2.62 bits per heavy atom. The largest absolute Gasteiger partial charge is 0.382 e. The first kappa shape index (κ1) is 21.8. The monoisotopic (exact) mass is 447 g/mol. The van der Waals surface area contributed by atoms with Gasteiger partial charge in [0.05, 0.1) is 28.9 Å². The summed E-state index contributed by atoms with van der Waals surface area (Å²) in [6.45, 7) is 5.56. The van der Waals surface area contributed by atoms with Crippen molar-refractivity contribution in [1.82, 2.24) is 19.7 Å². The van der Waals surface area contributed by atoms with E-state index in [2.05, 4.69) is 16.2 Å². The fraction of sp³-hybridized carbons (Fsp3) is 0.250. The van der Waals surface area contributed by atoms with E-state index in [1.807, 2.05) is 31.4 Å². The molecular weight excluding hydrogens is 425 g/mol. The zero-order valence-corrected chi connectivity index (χ0v) is 18.8. The summed E-state index contributed by atoms with van der Waals surface area (Å²) < 4.78 is 16.1. The van der Waals surface area contributed by atoms with Gasteiger partial charge in [-0.25, -0.2) is 19.0 Å². The minimum absolute atomic E-state index is 0.100. The third-order valence-corrected chi connectivity index (χ3v) is 6.79. The average molecular weight is 448 g/mol. The Balaban J connectivity index is 1.76. The van der Waals surface area contributed by atoms with Crippen LogP contribution in [0.4, 0.5) is 4.39 Å². The molecular formula is C24H22FN5OS. The van der Waals surface area contributed by atoms with Gasteiger partial charge in [-0.15, -0.1) is 11.3 Å². The Morgan fingerprint density at radius 1 is 1.22 bits per heavy atom. The standard InChI is InChI=1S/C24H22FN5OS/c1-15-8-16(2)21(25)9-20(15)24(31,12-30-14-27-13-28-30)17(3)23-29-22(11-32-23)19-6-4-18(10-26)5-7-19/h4-9,11,13-14,17,31H,12H2,1-3H3. The molecule has 4 rings (SSSR count). The molecule has 2 heterocycles. The van der Waals surface area contributed by atoms with E-state index < -0.39 is 11.5 Å². The van der Waals surface area contributed by atoms with E-state index in [0.717, 1.165) is 16.8 Å². The summed E-state index contributed by atoms with van der Waals surface area (Å²) in [4.78, 5) is 8.74. The van der Waals surface area contributed by atoms with Crippen LogP contribution in [0.2, 0.25) is 0 Å². The Labute approximate surface area is 189 Å². The lowest BCUT2D eigenvalue weighted by Crippen LogP contribution is -2.38. The number of hydrogen-bond acceptors (Lipinski definition) is 6. The van der Waals surface area contributed by atoms with E-state index in [1.165, 1.54) is 30.1 Å². The van der Waals surface area contributed by atoms with Gasteiger partial charge < -0.3 is 5.11 Å². The summed E-state index contributed by atoms with van der Waals surface area (Å²) in [6.07, 6.45) is 2.93. The molecule has 2 unspecified atom stereocenters. The fourth-order valence-corrected chi connectivity index (χ4v) is 4.82. The second kappa shape index (κ2) is 8.61. The molecule has 0 amide bonds. The van der Waals surface area contributed by atoms with Gasteiger partial charge in [0.1, 0.15) is 24.1 Å². The maximum atomic E-state index is 14.5. The molecule has 2 aromatic carbocycles. The van der Waals surface area contributed by atoms with Gasteiger partial charge >= 0.3 is 0 Å². The lowest BCUT2D eigenvalue weighted by Gasteiger charge is -2.35. The van der Waals surface area contributed by atoms with Crippen LogP contribution in [0.1, 0.15) is 40.1 Å². The van der Waals surface area contributed by atoms with E-state index >= 15 is 0 Å². The lowest BCUT2D eigenvalue weighted by molar-refractivity contribution is -0.00884. The number of nitriles is 1. The van der Waals surface area contributed by atoms with Crippen LogP contribution < -0.4 is 0 Å². The number of thiazole rings is 1. The topological polar surface area (TPSA) is 87.6 Å². The lowest BCUT2D eigenvalue weighted by atomic mass is 9.79. The van der Waals surface area contributed by atoms with Crippen molar-refractivity contribution in [2.45, 2.75) is 38.8 Å². The van der Waals surface area contributed by atoms with E-state index in [4.69, 9.17) is 10.2 Å². The number of hydrogen-bond donors (Lipinski definition) is 1. The third kappa shape index (κ3) is 4.05. The molecule has 0 aliphatic carbocycles. The number of rotatable bonds is 6. The summed E-state index contributed by atoms with van der Waals surface area (Å²) in [5, 5.41) is 27.8. The van der Waals surface area contributed by atoms with Crippen molar-refractivity contribution in [1.29, 1.82) is 5.26 Å². The van der Waals surface area contributed by atoms with Crippen molar-refractivity contribution in [2.75, 3.05) is 0 Å². The predicted octanol–water partition coefficient (Wildman–Crippen LogP) is 4.72. The summed E-state index contributed by atoms with van der Waals surface area (Å²) in [5.41, 5.74) is 2.58.